The summed E-state index contributed by atoms with van der Waals surface area (Å²) >= 11 is 0. The lowest BCUT2D eigenvalue weighted by Crippen LogP contribution is -2.41. The molecule has 2 heterocycles. The third-order valence-corrected chi connectivity index (χ3v) is 6.92. The number of anilines is 1. The fraction of sp³-hybridized carbons (Fsp3) is 0.607. The molecular weight excluding hydrogens is 460 g/mol. The third-order valence-electron chi connectivity index (χ3n) is 6.92. The second kappa shape index (κ2) is 12.3. The van der Waals surface area contributed by atoms with Crippen LogP contribution in [0.4, 0.5) is 10.5 Å². The van der Waals surface area contributed by atoms with Crippen LogP contribution in [0.15, 0.2) is 28.7 Å². The highest BCUT2D eigenvalue weighted by Crippen LogP contribution is 2.39. The summed E-state index contributed by atoms with van der Waals surface area (Å²) in [4.78, 5) is 35.9. The molecule has 1 aliphatic carbocycles. The molecule has 2 aliphatic rings. The number of benzene rings is 1. The molecule has 2 unspecified atom stereocenters. The average molecular weight is 501 g/mol. The van der Waals surface area contributed by atoms with Gasteiger partial charge in [0, 0.05) is 23.7 Å². The molecule has 0 bridgehead atoms. The number of ether oxygens (including phenoxy) is 2. The molecule has 8 nitrogen and oxygen atoms in total. The molecule has 1 N–H and O–H groups in total. The minimum absolute atomic E-state index is 0.127. The molecule has 1 saturated heterocycles. The number of hydrogen-bond acceptors (Lipinski definition) is 6. The van der Waals surface area contributed by atoms with Gasteiger partial charge in [0.25, 0.3) is 0 Å². The van der Waals surface area contributed by atoms with Gasteiger partial charge in [0.15, 0.2) is 0 Å². The van der Waals surface area contributed by atoms with Gasteiger partial charge in [-0.05, 0) is 77.1 Å². The maximum atomic E-state index is 12.2. The summed E-state index contributed by atoms with van der Waals surface area (Å²) in [5.41, 5.74) is 0.827. The SMILES string of the molecule is CC1C(C2CCCCC2)CCN1C(=O)OC(C)(C)C.CCOC(=O)c1cc2cc(NC=O)ccc2o1. The number of nitrogens with zero attached hydrogens (tertiary/aromatic N) is 1. The van der Waals surface area contributed by atoms with Crippen LogP contribution in [0.25, 0.3) is 11.0 Å². The van der Waals surface area contributed by atoms with Crippen LogP contribution in [0.2, 0.25) is 0 Å². The van der Waals surface area contributed by atoms with Gasteiger partial charge in [-0.1, -0.05) is 32.1 Å². The van der Waals surface area contributed by atoms with Gasteiger partial charge in [0.05, 0.1) is 6.61 Å². The first-order valence-corrected chi connectivity index (χ1v) is 13.0. The fourth-order valence-corrected chi connectivity index (χ4v) is 5.24. The Kier molecular flexibility index (Phi) is 9.40. The standard InChI is InChI=1S/C16H29NO2.C12H11NO4/c1-12-14(13-8-6-5-7-9-13)10-11-17(12)15(18)19-16(2,3)4;1-2-16-12(15)11-6-8-5-9(13-7-14)3-4-10(8)17-11/h12-14H,5-11H2,1-4H3;3-7H,2H2,1H3,(H,13,14). The zero-order valence-corrected chi connectivity index (χ0v) is 22.2. The van der Waals surface area contributed by atoms with E-state index in [9.17, 15) is 14.4 Å². The molecule has 2 aromatic rings. The lowest BCUT2D eigenvalue weighted by molar-refractivity contribution is -0.105. The molecule has 4 rings (SSSR count). The van der Waals surface area contributed by atoms with Crippen LogP contribution < -0.4 is 5.32 Å². The largest absolute Gasteiger partial charge is 0.460 e. The Hall–Kier alpha value is -3.03. The molecule has 1 aromatic carbocycles. The van der Waals surface area contributed by atoms with Crippen LogP contribution in [0.1, 0.15) is 83.7 Å². The van der Waals surface area contributed by atoms with Gasteiger partial charge in [-0.2, -0.15) is 0 Å². The molecule has 8 heteroatoms. The van der Waals surface area contributed by atoms with Crippen LogP contribution in [0, 0.1) is 11.8 Å². The molecule has 2 fully saturated rings. The number of rotatable bonds is 5. The number of hydrogen-bond donors (Lipinski definition) is 1. The molecule has 2 amide bonds. The molecule has 1 aromatic heterocycles. The number of amides is 2. The number of fused-ring (bicyclic) bond motifs is 1. The van der Waals surface area contributed by atoms with Crippen LogP contribution in [-0.4, -0.2) is 48.2 Å². The van der Waals surface area contributed by atoms with Crippen molar-refractivity contribution in [2.75, 3.05) is 18.5 Å². The summed E-state index contributed by atoms with van der Waals surface area (Å²) in [5.74, 6) is 1.18. The second-order valence-corrected chi connectivity index (χ2v) is 10.6. The van der Waals surface area contributed by atoms with E-state index in [4.69, 9.17) is 13.9 Å². The van der Waals surface area contributed by atoms with Gasteiger partial charge in [-0.15, -0.1) is 0 Å². The van der Waals surface area contributed by atoms with Crippen molar-refractivity contribution in [2.45, 2.75) is 84.8 Å². The Morgan fingerprint density at radius 2 is 1.86 bits per heavy atom. The summed E-state index contributed by atoms with van der Waals surface area (Å²) in [6, 6.07) is 7.02. The van der Waals surface area contributed by atoms with Crippen molar-refractivity contribution >= 4 is 35.1 Å². The smallest absolute Gasteiger partial charge is 0.410 e. The number of nitrogens with one attached hydrogen (secondary N) is 1. The number of esters is 1. The Morgan fingerprint density at radius 1 is 1.14 bits per heavy atom. The predicted octanol–water partition coefficient (Wildman–Crippen LogP) is 6.39. The van der Waals surface area contributed by atoms with E-state index in [2.05, 4.69) is 12.2 Å². The summed E-state index contributed by atoms with van der Waals surface area (Å²) < 4.78 is 15.7. The van der Waals surface area contributed by atoms with E-state index in [-0.39, 0.29) is 17.5 Å². The van der Waals surface area contributed by atoms with Crippen LogP contribution in [-0.2, 0) is 14.3 Å². The van der Waals surface area contributed by atoms with Crippen molar-refractivity contribution in [3.63, 3.8) is 0 Å². The van der Waals surface area contributed by atoms with E-state index in [0.29, 0.717) is 36.2 Å². The van der Waals surface area contributed by atoms with Crippen molar-refractivity contribution in [3.8, 4) is 0 Å². The van der Waals surface area contributed by atoms with E-state index < -0.39 is 5.97 Å². The monoisotopic (exact) mass is 500 g/mol. The molecule has 1 saturated carbocycles. The van der Waals surface area contributed by atoms with Crippen molar-refractivity contribution in [2.24, 2.45) is 11.8 Å². The molecular formula is C28H40N2O6. The van der Waals surface area contributed by atoms with E-state index in [0.717, 1.165) is 24.3 Å². The van der Waals surface area contributed by atoms with Crippen molar-refractivity contribution in [1.82, 2.24) is 4.90 Å². The first-order chi connectivity index (χ1) is 17.1. The van der Waals surface area contributed by atoms with Crippen LogP contribution >= 0.6 is 0 Å². The molecule has 198 valence electrons. The Bertz CT molecular complexity index is 1030. The van der Waals surface area contributed by atoms with Crippen molar-refractivity contribution in [3.05, 3.63) is 30.0 Å². The van der Waals surface area contributed by atoms with Crippen molar-refractivity contribution < 1.29 is 28.3 Å². The highest BCUT2D eigenvalue weighted by atomic mass is 16.6. The average Bonchev–Trinajstić information content (AvgIpc) is 3.43. The number of furan rings is 1. The minimum Gasteiger partial charge on any atom is -0.460 e. The minimum atomic E-state index is -0.492. The summed E-state index contributed by atoms with van der Waals surface area (Å²) in [5, 5.41) is 3.26. The predicted molar refractivity (Wildman–Crippen MR) is 139 cm³/mol. The second-order valence-electron chi connectivity index (χ2n) is 10.6. The summed E-state index contributed by atoms with van der Waals surface area (Å²) in [6.07, 6.45) is 8.49. The maximum Gasteiger partial charge on any atom is 0.410 e. The van der Waals surface area contributed by atoms with Crippen molar-refractivity contribution in [1.29, 1.82) is 0 Å². The Morgan fingerprint density at radius 3 is 2.50 bits per heavy atom. The van der Waals surface area contributed by atoms with Gasteiger partial charge < -0.3 is 24.1 Å². The van der Waals surface area contributed by atoms with Gasteiger partial charge >= 0.3 is 12.1 Å². The fourth-order valence-electron chi connectivity index (χ4n) is 5.24. The molecule has 36 heavy (non-hydrogen) atoms. The first kappa shape index (κ1) is 27.6. The zero-order chi connectivity index (χ0) is 26.3. The lowest BCUT2D eigenvalue weighted by Gasteiger charge is -2.33. The first-order valence-electron chi connectivity index (χ1n) is 13.0. The van der Waals surface area contributed by atoms with E-state index in [1.165, 1.54) is 32.1 Å². The summed E-state index contributed by atoms with van der Waals surface area (Å²) in [7, 11) is 0. The molecule has 0 spiro atoms. The molecule has 2 atom stereocenters. The topological polar surface area (TPSA) is 98.1 Å². The van der Waals surface area contributed by atoms with Gasteiger partial charge in [-0.25, -0.2) is 9.59 Å². The van der Waals surface area contributed by atoms with E-state index in [1.54, 1.807) is 31.2 Å². The van der Waals surface area contributed by atoms with Crippen LogP contribution in [0.3, 0.4) is 0 Å². The quantitative estimate of drug-likeness (QED) is 0.377. The third kappa shape index (κ3) is 7.24. The summed E-state index contributed by atoms with van der Waals surface area (Å²) in [6.45, 7) is 10.9. The Labute approximate surface area is 213 Å². The van der Waals surface area contributed by atoms with E-state index in [1.807, 2.05) is 25.7 Å². The Balaban J connectivity index is 0.000000202. The van der Waals surface area contributed by atoms with Gasteiger partial charge in [0.1, 0.15) is 11.2 Å². The highest BCUT2D eigenvalue weighted by Gasteiger charge is 2.40. The number of likely N-dealkylation sites (tertiary alicyclic amines) is 1. The zero-order valence-electron chi connectivity index (χ0n) is 22.2. The van der Waals surface area contributed by atoms with E-state index >= 15 is 0 Å². The normalized spacial score (nSPS) is 20.4. The van der Waals surface area contributed by atoms with Gasteiger partial charge in [0.2, 0.25) is 12.2 Å². The maximum absolute atomic E-state index is 12.2. The number of carbonyl (C=O) groups excluding carboxylic acids is 3. The van der Waals surface area contributed by atoms with Crippen LogP contribution in [0.5, 0.6) is 0 Å². The molecule has 0 radical (unpaired) electrons. The van der Waals surface area contributed by atoms with Gasteiger partial charge in [-0.3, -0.25) is 4.79 Å². The molecule has 1 aliphatic heterocycles. The lowest BCUT2D eigenvalue weighted by atomic mass is 9.77. The highest BCUT2D eigenvalue weighted by molar-refractivity contribution is 5.94. The number of carbonyl (C=O) groups is 3.